The Morgan fingerprint density at radius 3 is 2.77 bits per heavy atom. The molecule has 0 aliphatic rings. The zero-order chi connectivity index (χ0) is 18.5. The van der Waals surface area contributed by atoms with Crippen LogP contribution in [0.5, 0.6) is 0 Å². The van der Waals surface area contributed by atoms with Gasteiger partial charge in [-0.25, -0.2) is 9.97 Å². The van der Waals surface area contributed by atoms with E-state index in [2.05, 4.69) is 20.3 Å². The van der Waals surface area contributed by atoms with Crippen LogP contribution in [-0.4, -0.2) is 26.6 Å². The molecule has 134 valence electrons. The number of thioether (sulfide) groups is 1. The highest BCUT2D eigenvalue weighted by molar-refractivity contribution is 7.99. The van der Waals surface area contributed by atoms with Crippen LogP contribution in [0.2, 0.25) is 0 Å². The molecule has 2 heterocycles. The lowest BCUT2D eigenvalue weighted by molar-refractivity contribution is -0.113. The van der Waals surface area contributed by atoms with E-state index in [1.54, 1.807) is 6.92 Å². The van der Waals surface area contributed by atoms with E-state index >= 15 is 0 Å². The van der Waals surface area contributed by atoms with Crippen LogP contribution in [0.1, 0.15) is 18.2 Å². The van der Waals surface area contributed by atoms with Gasteiger partial charge in [0.1, 0.15) is 0 Å². The van der Waals surface area contributed by atoms with E-state index in [4.69, 9.17) is 0 Å². The fourth-order valence-corrected chi connectivity index (χ4v) is 3.75. The second-order valence-corrected chi connectivity index (χ2v) is 7.36. The number of amides is 1. The first-order valence-electron chi connectivity index (χ1n) is 8.10. The van der Waals surface area contributed by atoms with Crippen molar-refractivity contribution in [3.8, 4) is 11.3 Å². The van der Waals surface area contributed by atoms with Crippen LogP contribution in [-0.2, 0) is 11.2 Å². The Balaban J connectivity index is 1.61. The average Bonchev–Trinajstić information content (AvgIpc) is 3.11. The van der Waals surface area contributed by atoms with Crippen molar-refractivity contribution >= 4 is 34.1 Å². The quantitative estimate of drug-likeness (QED) is 0.500. The molecule has 2 aromatic heterocycles. The number of benzene rings is 1. The molecule has 8 heteroatoms. The number of anilines is 1. The minimum atomic E-state index is -0.190. The lowest BCUT2D eigenvalue weighted by Crippen LogP contribution is -2.17. The van der Waals surface area contributed by atoms with Crippen LogP contribution in [0.25, 0.3) is 11.3 Å². The molecule has 0 spiro atoms. The summed E-state index contributed by atoms with van der Waals surface area (Å²) in [6.45, 7) is 3.70. The Hall–Kier alpha value is -2.45. The van der Waals surface area contributed by atoms with Crippen molar-refractivity contribution in [3.05, 3.63) is 57.3 Å². The van der Waals surface area contributed by atoms with Crippen molar-refractivity contribution in [1.82, 2.24) is 15.0 Å². The molecule has 1 amide bonds. The Morgan fingerprint density at radius 2 is 2.04 bits per heavy atom. The van der Waals surface area contributed by atoms with E-state index in [1.807, 2.05) is 42.6 Å². The lowest BCUT2D eigenvalue weighted by Gasteiger charge is -2.05. The van der Waals surface area contributed by atoms with E-state index in [0.29, 0.717) is 22.3 Å². The first-order chi connectivity index (χ1) is 12.6. The number of aromatic nitrogens is 3. The maximum atomic E-state index is 12.2. The number of H-pyrrole nitrogens is 1. The molecule has 0 aliphatic heterocycles. The highest BCUT2D eigenvalue weighted by Crippen LogP contribution is 2.24. The summed E-state index contributed by atoms with van der Waals surface area (Å²) in [6, 6.07) is 9.79. The molecule has 0 bridgehead atoms. The van der Waals surface area contributed by atoms with Crippen molar-refractivity contribution in [2.75, 3.05) is 11.1 Å². The van der Waals surface area contributed by atoms with Gasteiger partial charge in [0.2, 0.25) is 5.91 Å². The van der Waals surface area contributed by atoms with Crippen molar-refractivity contribution in [3.63, 3.8) is 0 Å². The van der Waals surface area contributed by atoms with Crippen LogP contribution < -0.4 is 10.9 Å². The van der Waals surface area contributed by atoms with E-state index < -0.39 is 0 Å². The molecule has 0 saturated carbocycles. The van der Waals surface area contributed by atoms with Gasteiger partial charge in [-0.1, -0.05) is 49.0 Å². The van der Waals surface area contributed by atoms with Gasteiger partial charge in [-0.3, -0.25) is 9.59 Å². The van der Waals surface area contributed by atoms with Crippen LogP contribution >= 0.6 is 23.1 Å². The summed E-state index contributed by atoms with van der Waals surface area (Å²) in [5.74, 6) is -0.0414. The Labute approximate surface area is 159 Å². The molecule has 3 aromatic rings. The van der Waals surface area contributed by atoms with Crippen molar-refractivity contribution < 1.29 is 4.79 Å². The highest BCUT2D eigenvalue weighted by atomic mass is 32.2. The molecular weight excluding hydrogens is 368 g/mol. The normalized spacial score (nSPS) is 10.7. The first kappa shape index (κ1) is 18.3. The molecule has 0 aliphatic carbocycles. The van der Waals surface area contributed by atoms with Gasteiger partial charge >= 0.3 is 0 Å². The maximum Gasteiger partial charge on any atom is 0.254 e. The number of nitrogens with one attached hydrogen (secondary N) is 2. The molecular formula is C18H18N4O2S2. The number of aryl methyl sites for hydroxylation is 1. The minimum Gasteiger partial charge on any atom is -0.301 e. The maximum absolute atomic E-state index is 12.2. The van der Waals surface area contributed by atoms with E-state index in [9.17, 15) is 9.59 Å². The third-order valence-corrected chi connectivity index (χ3v) is 5.36. The number of carbonyl (C=O) groups excluding carboxylic acids is 1. The zero-order valence-corrected chi connectivity index (χ0v) is 16.0. The van der Waals surface area contributed by atoms with Gasteiger partial charge in [-0.15, -0.1) is 11.3 Å². The summed E-state index contributed by atoms with van der Waals surface area (Å²) in [6.07, 6.45) is 0.677. The molecule has 0 fully saturated rings. The third-order valence-electron chi connectivity index (χ3n) is 3.73. The standard InChI is InChI=1S/C18H18N4O2S2/c1-3-13-11(2)16(24)22-18(19-13)26-10-15(23)21-17-20-14(9-25-17)12-7-5-4-6-8-12/h4-9H,3,10H2,1-2H3,(H,19,22,24)(H,20,21,23). The number of hydrogen-bond donors (Lipinski definition) is 2. The third kappa shape index (κ3) is 4.39. The summed E-state index contributed by atoms with van der Waals surface area (Å²) in [4.78, 5) is 35.5. The number of rotatable bonds is 6. The van der Waals surface area contributed by atoms with Gasteiger partial charge in [-0.2, -0.15) is 0 Å². The summed E-state index contributed by atoms with van der Waals surface area (Å²) in [5.41, 5.74) is 3.05. The highest BCUT2D eigenvalue weighted by Gasteiger charge is 2.11. The smallest absolute Gasteiger partial charge is 0.254 e. The van der Waals surface area contributed by atoms with Crippen molar-refractivity contribution in [1.29, 1.82) is 0 Å². The number of hydrogen-bond acceptors (Lipinski definition) is 6. The van der Waals surface area contributed by atoms with Gasteiger partial charge in [0, 0.05) is 16.5 Å². The van der Waals surface area contributed by atoms with Gasteiger partial charge in [0.25, 0.3) is 5.56 Å². The van der Waals surface area contributed by atoms with Crippen LogP contribution in [0.4, 0.5) is 5.13 Å². The zero-order valence-electron chi connectivity index (χ0n) is 14.4. The summed E-state index contributed by atoms with van der Waals surface area (Å²) in [7, 11) is 0. The SMILES string of the molecule is CCc1nc(SCC(=O)Nc2nc(-c3ccccc3)cs2)[nH]c(=O)c1C. The number of aromatic amines is 1. The second kappa shape index (κ2) is 8.29. The molecule has 3 rings (SSSR count). The fraction of sp³-hybridized carbons (Fsp3) is 0.222. The average molecular weight is 387 g/mol. The summed E-state index contributed by atoms with van der Waals surface area (Å²) in [5, 5.41) is 5.70. The van der Waals surface area contributed by atoms with E-state index in [0.717, 1.165) is 17.0 Å². The van der Waals surface area contributed by atoms with Crippen molar-refractivity contribution in [2.24, 2.45) is 0 Å². The number of thiazole rings is 1. The van der Waals surface area contributed by atoms with E-state index in [-0.39, 0.29) is 17.2 Å². The fourth-order valence-electron chi connectivity index (χ4n) is 2.33. The second-order valence-electron chi connectivity index (χ2n) is 5.54. The monoisotopic (exact) mass is 386 g/mol. The van der Waals surface area contributed by atoms with Crippen molar-refractivity contribution in [2.45, 2.75) is 25.4 Å². The van der Waals surface area contributed by atoms with Gasteiger partial charge in [0.05, 0.1) is 17.1 Å². The molecule has 6 nitrogen and oxygen atoms in total. The molecule has 0 saturated heterocycles. The van der Waals surface area contributed by atoms with Crippen LogP contribution in [0.3, 0.4) is 0 Å². The predicted molar refractivity (Wildman–Crippen MR) is 106 cm³/mol. The molecule has 1 aromatic carbocycles. The molecule has 2 N–H and O–H groups in total. The summed E-state index contributed by atoms with van der Waals surface area (Å²) >= 11 is 2.58. The Bertz CT molecular complexity index is 967. The number of nitrogens with zero attached hydrogens (tertiary/aromatic N) is 2. The van der Waals surface area contributed by atoms with Gasteiger partial charge in [-0.05, 0) is 13.3 Å². The van der Waals surface area contributed by atoms with Gasteiger partial charge < -0.3 is 10.3 Å². The first-order valence-corrected chi connectivity index (χ1v) is 9.96. The predicted octanol–water partition coefficient (Wildman–Crippen LogP) is 3.50. The molecule has 0 radical (unpaired) electrons. The van der Waals surface area contributed by atoms with E-state index in [1.165, 1.54) is 23.1 Å². The lowest BCUT2D eigenvalue weighted by atomic mass is 10.2. The minimum absolute atomic E-state index is 0.148. The molecule has 0 atom stereocenters. The Morgan fingerprint density at radius 1 is 1.27 bits per heavy atom. The molecule has 0 unspecified atom stereocenters. The largest absolute Gasteiger partial charge is 0.301 e. The molecule has 26 heavy (non-hydrogen) atoms. The number of carbonyl (C=O) groups is 1. The Kier molecular flexibility index (Phi) is 5.85. The van der Waals surface area contributed by atoms with Crippen LogP contribution in [0.15, 0.2) is 45.7 Å². The topological polar surface area (TPSA) is 87.7 Å². The van der Waals surface area contributed by atoms with Crippen LogP contribution in [0, 0.1) is 6.92 Å². The summed E-state index contributed by atoms with van der Waals surface area (Å²) < 4.78 is 0. The van der Waals surface area contributed by atoms with Gasteiger partial charge in [0.15, 0.2) is 10.3 Å².